The Kier molecular flexibility index (Phi) is 3.58. The number of amides is 1. The molecule has 1 aliphatic rings. The zero-order valence-corrected chi connectivity index (χ0v) is 9.73. The van der Waals surface area contributed by atoms with Gasteiger partial charge < -0.3 is 10.1 Å². The minimum atomic E-state index is -0.349. The van der Waals surface area contributed by atoms with Crippen molar-refractivity contribution in [3.05, 3.63) is 29.3 Å². The Bertz CT molecular complexity index is 532. The fourth-order valence-electron chi connectivity index (χ4n) is 1.93. The first-order chi connectivity index (χ1) is 8.72. The molecular weight excluding hydrogens is 232 g/mol. The highest BCUT2D eigenvalue weighted by Crippen LogP contribution is 2.30. The van der Waals surface area contributed by atoms with Gasteiger partial charge in [-0.05, 0) is 12.5 Å². The number of carbonyl (C=O) groups excluding carboxylic acids is 2. The van der Waals surface area contributed by atoms with E-state index in [0.717, 1.165) is 5.56 Å². The summed E-state index contributed by atoms with van der Waals surface area (Å²) in [5.41, 5.74) is 1.56. The van der Waals surface area contributed by atoms with Gasteiger partial charge in [0.05, 0.1) is 6.07 Å². The van der Waals surface area contributed by atoms with Crippen LogP contribution in [0.1, 0.15) is 22.3 Å². The second kappa shape index (κ2) is 5.32. The number of ether oxygens (including phenoxy) is 1. The Hall–Kier alpha value is -2.35. The molecule has 1 N–H and O–H groups in total. The molecule has 1 aromatic rings. The van der Waals surface area contributed by atoms with Crippen LogP contribution in [0.25, 0.3) is 0 Å². The van der Waals surface area contributed by atoms with Gasteiger partial charge in [-0.2, -0.15) is 5.26 Å². The van der Waals surface area contributed by atoms with Gasteiger partial charge in [0, 0.05) is 17.5 Å². The van der Waals surface area contributed by atoms with E-state index in [0.29, 0.717) is 24.2 Å². The SMILES string of the molecule is N#CCNC(=O)COc1cccc2c1CCC2=O. The largest absolute Gasteiger partial charge is 0.483 e. The van der Waals surface area contributed by atoms with Crippen molar-refractivity contribution < 1.29 is 14.3 Å². The maximum Gasteiger partial charge on any atom is 0.258 e. The minimum Gasteiger partial charge on any atom is -0.483 e. The lowest BCUT2D eigenvalue weighted by atomic mass is 10.1. The van der Waals surface area contributed by atoms with E-state index >= 15 is 0 Å². The third-order valence-electron chi connectivity index (χ3n) is 2.76. The maximum absolute atomic E-state index is 11.5. The first-order valence-electron chi connectivity index (χ1n) is 5.64. The van der Waals surface area contributed by atoms with Gasteiger partial charge in [-0.3, -0.25) is 9.59 Å². The Morgan fingerprint density at radius 3 is 3.06 bits per heavy atom. The highest BCUT2D eigenvalue weighted by molar-refractivity contribution is 6.01. The fourth-order valence-corrected chi connectivity index (χ4v) is 1.93. The van der Waals surface area contributed by atoms with E-state index in [1.165, 1.54) is 0 Å². The third kappa shape index (κ3) is 2.48. The molecule has 92 valence electrons. The monoisotopic (exact) mass is 244 g/mol. The second-order valence-corrected chi connectivity index (χ2v) is 3.93. The van der Waals surface area contributed by atoms with Crippen LogP contribution in [0.5, 0.6) is 5.75 Å². The number of hydrogen-bond donors (Lipinski definition) is 1. The lowest BCUT2D eigenvalue weighted by Gasteiger charge is -2.09. The molecular formula is C13H12N2O3. The summed E-state index contributed by atoms with van der Waals surface area (Å²) in [6.07, 6.45) is 1.15. The van der Waals surface area contributed by atoms with Crippen molar-refractivity contribution in [2.45, 2.75) is 12.8 Å². The molecule has 18 heavy (non-hydrogen) atoms. The van der Waals surface area contributed by atoms with Crippen LogP contribution in [0.15, 0.2) is 18.2 Å². The van der Waals surface area contributed by atoms with Crippen LogP contribution >= 0.6 is 0 Å². The zero-order valence-electron chi connectivity index (χ0n) is 9.73. The molecule has 0 aromatic heterocycles. The van der Waals surface area contributed by atoms with Gasteiger partial charge in [-0.15, -0.1) is 0 Å². The van der Waals surface area contributed by atoms with Crippen molar-refractivity contribution in [2.24, 2.45) is 0 Å². The predicted octanol–water partition coefficient (Wildman–Crippen LogP) is 0.834. The summed E-state index contributed by atoms with van der Waals surface area (Å²) in [6, 6.07) is 7.07. The van der Waals surface area contributed by atoms with E-state index in [9.17, 15) is 9.59 Å². The minimum absolute atomic E-state index is 0.0342. The third-order valence-corrected chi connectivity index (χ3v) is 2.76. The van der Waals surface area contributed by atoms with Gasteiger partial charge in [-0.25, -0.2) is 0 Å². The first kappa shape index (κ1) is 12.1. The average molecular weight is 244 g/mol. The molecule has 0 unspecified atom stereocenters. The number of Topliss-reactive ketones (excluding diaryl/α,β-unsaturated/α-hetero) is 1. The van der Waals surface area contributed by atoms with Crippen molar-refractivity contribution in [3.63, 3.8) is 0 Å². The summed E-state index contributed by atoms with van der Waals surface area (Å²) in [7, 11) is 0. The zero-order chi connectivity index (χ0) is 13.0. The summed E-state index contributed by atoms with van der Waals surface area (Å²) in [6.45, 7) is -0.181. The molecule has 0 spiro atoms. The number of nitrogens with one attached hydrogen (secondary N) is 1. The van der Waals surface area contributed by atoms with Gasteiger partial charge in [0.25, 0.3) is 5.91 Å². The Morgan fingerprint density at radius 1 is 1.44 bits per heavy atom. The molecule has 0 heterocycles. The van der Waals surface area contributed by atoms with Gasteiger partial charge in [0.2, 0.25) is 0 Å². The number of hydrogen-bond acceptors (Lipinski definition) is 4. The smallest absolute Gasteiger partial charge is 0.258 e. The van der Waals surface area contributed by atoms with Gasteiger partial charge >= 0.3 is 0 Å². The number of carbonyl (C=O) groups is 2. The molecule has 1 amide bonds. The average Bonchev–Trinajstić information content (AvgIpc) is 2.76. The maximum atomic E-state index is 11.5. The molecule has 0 bridgehead atoms. The van der Waals surface area contributed by atoms with Crippen LogP contribution in [-0.4, -0.2) is 24.8 Å². The highest BCUT2D eigenvalue weighted by Gasteiger charge is 2.22. The second-order valence-electron chi connectivity index (χ2n) is 3.93. The van der Waals surface area contributed by atoms with Crippen molar-refractivity contribution in [1.82, 2.24) is 5.32 Å². The number of fused-ring (bicyclic) bond motifs is 1. The Labute approximate surface area is 104 Å². The summed E-state index contributed by atoms with van der Waals surface area (Å²) < 4.78 is 5.38. The molecule has 0 aliphatic heterocycles. The van der Waals surface area contributed by atoms with E-state index in [2.05, 4.69) is 5.32 Å². The molecule has 0 saturated heterocycles. The van der Waals surface area contributed by atoms with Crippen molar-refractivity contribution >= 4 is 11.7 Å². The number of nitrogens with zero attached hydrogens (tertiary/aromatic N) is 1. The standard InChI is InChI=1S/C13H12N2O3/c14-6-7-15-13(17)8-18-12-3-1-2-9-10(12)4-5-11(9)16/h1-3H,4-5,7-8H2,(H,15,17). The van der Waals surface area contributed by atoms with Gasteiger partial charge in [0.15, 0.2) is 12.4 Å². The Morgan fingerprint density at radius 2 is 2.28 bits per heavy atom. The number of benzene rings is 1. The molecule has 0 fully saturated rings. The lowest BCUT2D eigenvalue weighted by molar-refractivity contribution is -0.122. The van der Waals surface area contributed by atoms with Gasteiger partial charge in [-0.1, -0.05) is 12.1 Å². The van der Waals surface area contributed by atoms with Gasteiger partial charge in [0.1, 0.15) is 12.3 Å². The number of rotatable bonds is 4. The van der Waals surface area contributed by atoms with Crippen molar-refractivity contribution in [3.8, 4) is 11.8 Å². The van der Waals surface area contributed by atoms with Crippen LogP contribution < -0.4 is 10.1 Å². The summed E-state index contributed by atoms with van der Waals surface area (Å²) in [5.74, 6) is 0.341. The summed E-state index contributed by atoms with van der Waals surface area (Å²) >= 11 is 0. The molecule has 0 atom stereocenters. The number of ketones is 1. The van der Waals surface area contributed by atoms with E-state index in [4.69, 9.17) is 10.00 Å². The molecule has 0 radical (unpaired) electrons. The molecule has 2 rings (SSSR count). The highest BCUT2D eigenvalue weighted by atomic mass is 16.5. The first-order valence-corrected chi connectivity index (χ1v) is 5.64. The molecule has 5 heteroatoms. The molecule has 1 aliphatic carbocycles. The predicted molar refractivity (Wildman–Crippen MR) is 63.2 cm³/mol. The molecule has 5 nitrogen and oxygen atoms in total. The van der Waals surface area contributed by atoms with Crippen LogP contribution in [0.3, 0.4) is 0 Å². The fraction of sp³-hybridized carbons (Fsp3) is 0.308. The molecule has 0 saturated carbocycles. The van der Waals surface area contributed by atoms with E-state index in [-0.39, 0.29) is 24.8 Å². The summed E-state index contributed by atoms with van der Waals surface area (Å²) in [4.78, 5) is 22.8. The van der Waals surface area contributed by atoms with Crippen molar-refractivity contribution in [2.75, 3.05) is 13.2 Å². The van der Waals surface area contributed by atoms with E-state index in [1.54, 1.807) is 18.2 Å². The topological polar surface area (TPSA) is 79.2 Å². The van der Waals surface area contributed by atoms with Crippen LogP contribution in [0, 0.1) is 11.3 Å². The summed E-state index contributed by atoms with van der Waals surface area (Å²) in [5, 5.41) is 10.7. The van der Waals surface area contributed by atoms with E-state index < -0.39 is 0 Å². The van der Waals surface area contributed by atoms with Crippen LogP contribution in [0.4, 0.5) is 0 Å². The number of nitriles is 1. The quantitative estimate of drug-likeness (QED) is 0.796. The van der Waals surface area contributed by atoms with Crippen LogP contribution in [-0.2, 0) is 11.2 Å². The van der Waals surface area contributed by atoms with E-state index in [1.807, 2.05) is 6.07 Å². The molecule has 1 aromatic carbocycles. The lowest BCUT2D eigenvalue weighted by Crippen LogP contribution is -2.29. The van der Waals surface area contributed by atoms with Crippen LogP contribution in [0.2, 0.25) is 0 Å². The Balaban J connectivity index is 2.01. The normalized spacial score (nSPS) is 12.7. The van der Waals surface area contributed by atoms with Crippen molar-refractivity contribution in [1.29, 1.82) is 5.26 Å².